The fourth-order valence-corrected chi connectivity index (χ4v) is 2.51. The first kappa shape index (κ1) is 18.6. The van der Waals surface area contributed by atoms with Gasteiger partial charge in [0.25, 0.3) is 0 Å². The number of aryl methyl sites for hydroxylation is 1. The van der Waals surface area contributed by atoms with Crippen molar-refractivity contribution in [1.29, 1.82) is 0 Å². The Hall–Kier alpha value is -1.49. The minimum atomic E-state index is 0.573. The van der Waals surface area contributed by atoms with Crippen LogP contribution in [0.3, 0.4) is 0 Å². The molecule has 0 radical (unpaired) electrons. The Bertz CT molecular complexity index is 450. The molecule has 22 heavy (non-hydrogen) atoms. The van der Waals surface area contributed by atoms with Crippen molar-refractivity contribution in [2.45, 2.75) is 40.3 Å². The minimum absolute atomic E-state index is 0.573. The van der Waals surface area contributed by atoms with Gasteiger partial charge in [-0.15, -0.1) is 0 Å². The summed E-state index contributed by atoms with van der Waals surface area (Å²) >= 11 is 0. The number of rotatable bonds is 8. The standard InChI is InChI=1S/C17H33N5/c1-7-18-17(19-11-13-22(8-2)15(3)4)21(6)14-16-10-9-12-20(16)5/h9-10,12,15H,7-8,11,13-14H2,1-6H3,(H,18,19). The number of aromatic nitrogens is 1. The van der Waals surface area contributed by atoms with Gasteiger partial charge >= 0.3 is 0 Å². The van der Waals surface area contributed by atoms with E-state index in [0.717, 1.165) is 38.7 Å². The van der Waals surface area contributed by atoms with Crippen molar-refractivity contribution in [1.82, 2.24) is 19.7 Å². The van der Waals surface area contributed by atoms with E-state index in [9.17, 15) is 0 Å². The lowest BCUT2D eigenvalue weighted by Gasteiger charge is -2.25. The highest BCUT2D eigenvalue weighted by atomic mass is 15.3. The van der Waals surface area contributed by atoms with Gasteiger partial charge in [0.15, 0.2) is 5.96 Å². The minimum Gasteiger partial charge on any atom is -0.357 e. The van der Waals surface area contributed by atoms with E-state index in [4.69, 9.17) is 4.99 Å². The van der Waals surface area contributed by atoms with Crippen molar-refractivity contribution in [3.05, 3.63) is 24.0 Å². The van der Waals surface area contributed by atoms with Crippen molar-refractivity contribution >= 4 is 5.96 Å². The number of hydrogen-bond donors (Lipinski definition) is 1. The van der Waals surface area contributed by atoms with Gasteiger partial charge in [-0.2, -0.15) is 0 Å². The van der Waals surface area contributed by atoms with Crippen LogP contribution in [-0.2, 0) is 13.6 Å². The zero-order chi connectivity index (χ0) is 16.5. The molecule has 0 spiro atoms. The van der Waals surface area contributed by atoms with Crippen molar-refractivity contribution in [2.24, 2.45) is 12.0 Å². The molecule has 0 saturated carbocycles. The zero-order valence-corrected chi connectivity index (χ0v) is 15.1. The summed E-state index contributed by atoms with van der Waals surface area (Å²) in [4.78, 5) is 9.39. The van der Waals surface area contributed by atoms with Crippen molar-refractivity contribution in [3.63, 3.8) is 0 Å². The smallest absolute Gasteiger partial charge is 0.194 e. The third-order valence-electron chi connectivity index (χ3n) is 3.93. The van der Waals surface area contributed by atoms with Gasteiger partial charge in [-0.05, 0) is 39.4 Å². The number of nitrogens with one attached hydrogen (secondary N) is 1. The van der Waals surface area contributed by atoms with Crippen LogP contribution in [0.1, 0.15) is 33.4 Å². The fourth-order valence-electron chi connectivity index (χ4n) is 2.51. The Balaban J connectivity index is 2.62. The molecule has 0 amide bonds. The molecule has 5 nitrogen and oxygen atoms in total. The van der Waals surface area contributed by atoms with E-state index in [0.29, 0.717) is 6.04 Å². The summed E-state index contributed by atoms with van der Waals surface area (Å²) in [6, 6.07) is 4.80. The van der Waals surface area contributed by atoms with Crippen molar-refractivity contribution in [3.8, 4) is 0 Å². The number of guanidine groups is 1. The molecule has 0 aromatic carbocycles. The molecule has 0 saturated heterocycles. The lowest BCUT2D eigenvalue weighted by Crippen LogP contribution is -2.40. The maximum Gasteiger partial charge on any atom is 0.194 e. The van der Waals surface area contributed by atoms with Crippen LogP contribution >= 0.6 is 0 Å². The number of hydrogen-bond acceptors (Lipinski definition) is 2. The molecule has 0 fully saturated rings. The average Bonchev–Trinajstić information content (AvgIpc) is 2.87. The average molecular weight is 307 g/mol. The molecule has 1 heterocycles. The fraction of sp³-hybridized carbons (Fsp3) is 0.706. The molecule has 0 unspecified atom stereocenters. The van der Waals surface area contributed by atoms with Gasteiger partial charge < -0.3 is 14.8 Å². The van der Waals surface area contributed by atoms with Gasteiger partial charge in [0.1, 0.15) is 0 Å². The summed E-state index contributed by atoms with van der Waals surface area (Å²) in [7, 11) is 4.17. The van der Waals surface area contributed by atoms with Gasteiger partial charge in [-0.1, -0.05) is 6.92 Å². The Labute approximate surface area is 136 Å². The second-order valence-electron chi connectivity index (χ2n) is 5.92. The lowest BCUT2D eigenvalue weighted by molar-refractivity contribution is 0.240. The molecular formula is C17H33N5. The van der Waals surface area contributed by atoms with Crippen LogP contribution in [0.5, 0.6) is 0 Å². The van der Waals surface area contributed by atoms with Crippen LogP contribution in [-0.4, -0.2) is 59.6 Å². The maximum absolute atomic E-state index is 4.77. The SMILES string of the molecule is CCNC(=NCCN(CC)C(C)C)N(C)Cc1cccn1C. The topological polar surface area (TPSA) is 35.8 Å². The second kappa shape index (κ2) is 9.51. The normalized spacial score (nSPS) is 12.3. The Morgan fingerprint density at radius 2 is 2.09 bits per heavy atom. The number of nitrogens with zero attached hydrogens (tertiary/aromatic N) is 4. The van der Waals surface area contributed by atoms with Crippen LogP contribution in [0, 0.1) is 0 Å². The summed E-state index contributed by atoms with van der Waals surface area (Å²) in [5, 5.41) is 3.38. The van der Waals surface area contributed by atoms with E-state index < -0.39 is 0 Å². The van der Waals surface area contributed by atoms with E-state index >= 15 is 0 Å². The molecule has 0 aliphatic heterocycles. The molecule has 1 aromatic heterocycles. The van der Waals surface area contributed by atoms with Crippen LogP contribution in [0.2, 0.25) is 0 Å². The van der Waals surface area contributed by atoms with Gasteiger partial charge in [-0.3, -0.25) is 9.89 Å². The van der Waals surface area contributed by atoms with Crippen LogP contribution < -0.4 is 5.32 Å². The molecule has 1 N–H and O–H groups in total. The first-order valence-corrected chi connectivity index (χ1v) is 8.33. The molecule has 1 aromatic rings. The molecule has 0 aliphatic rings. The number of likely N-dealkylation sites (N-methyl/N-ethyl adjacent to an activating group) is 1. The third kappa shape index (κ3) is 5.72. The molecule has 126 valence electrons. The highest BCUT2D eigenvalue weighted by Crippen LogP contribution is 2.04. The van der Waals surface area contributed by atoms with Crippen LogP contribution in [0.25, 0.3) is 0 Å². The van der Waals surface area contributed by atoms with E-state index in [1.54, 1.807) is 0 Å². The first-order chi connectivity index (χ1) is 10.5. The van der Waals surface area contributed by atoms with Gasteiger partial charge in [0.2, 0.25) is 0 Å². The molecule has 5 heteroatoms. The predicted octanol–water partition coefficient (Wildman–Crippen LogP) is 2.15. The third-order valence-corrected chi connectivity index (χ3v) is 3.93. The van der Waals surface area contributed by atoms with Crippen LogP contribution in [0.15, 0.2) is 23.3 Å². The van der Waals surface area contributed by atoms with Crippen LogP contribution in [0.4, 0.5) is 0 Å². The highest BCUT2D eigenvalue weighted by molar-refractivity contribution is 5.79. The zero-order valence-electron chi connectivity index (χ0n) is 15.1. The summed E-state index contributed by atoms with van der Waals surface area (Å²) in [5.41, 5.74) is 1.28. The summed E-state index contributed by atoms with van der Waals surface area (Å²) in [6.45, 7) is 13.4. The Morgan fingerprint density at radius 3 is 2.59 bits per heavy atom. The summed E-state index contributed by atoms with van der Waals surface area (Å²) < 4.78 is 2.15. The van der Waals surface area contributed by atoms with E-state index in [-0.39, 0.29) is 0 Å². The molecule has 0 aliphatic carbocycles. The molecule has 0 atom stereocenters. The lowest BCUT2D eigenvalue weighted by atomic mass is 10.3. The van der Waals surface area contributed by atoms with Gasteiger partial charge in [-0.25, -0.2) is 0 Å². The Morgan fingerprint density at radius 1 is 1.36 bits per heavy atom. The first-order valence-electron chi connectivity index (χ1n) is 8.33. The monoisotopic (exact) mass is 307 g/mol. The maximum atomic E-state index is 4.77. The van der Waals surface area contributed by atoms with Crippen molar-refractivity contribution < 1.29 is 0 Å². The summed E-state index contributed by atoms with van der Waals surface area (Å²) in [6.07, 6.45) is 2.08. The van der Waals surface area contributed by atoms with Crippen molar-refractivity contribution in [2.75, 3.05) is 33.2 Å². The molecular weight excluding hydrogens is 274 g/mol. The predicted molar refractivity (Wildman–Crippen MR) is 95.2 cm³/mol. The number of aliphatic imine (C=N–C) groups is 1. The van der Waals surface area contributed by atoms with Gasteiger partial charge in [0.05, 0.1) is 13.1 Å². The van der Waals surface area contributed by atoms with E-state index in [1.165, 1.54) is 5.69 Å². The van der Waals surface area contributed by atoms with E-state index in [2.05, 4.69) is 79.8 Å². The summed E-state index contributed by atoms with van der Waals surface area (Å²) in [5.74, 6) is 0.975. The van der Waals surface area contributed by atoms with Gasteiger partial charge in [0, 0.05) is 45.1 Å². The van der Waals surface area contributed by atoms with E-state index in [1.807, 2.05) is 0 Å². The Kier molecular flexibility index (Phi) is 8.02. The quantitative estimate of drug-likeness (QED) is 0.590. The molecule has 1 rings (SSSR count). The second-order valence-corrected chi connectivity index (χ2v) is 5.92. The largest absolute Gasteiger partial charge is 0.357 e. The highest BCUT2D eigenvalue weighted by Gasteiger charge is 2.09. The molecule has 0 bridgehead atoms.